The highest BCUT2D eigenvalue weighted by Gasteiger charge is 2.09. The fraction of sp³-hybridized carbons (Fsp3) is 0.333. The van der Waals surface area contributed by atoms with Crippen LogP contribution in [0.5, 0.6) is 0 Å². The monoisotopic (exact) mass is 224 g/mol. The van der Waals surface area contributed by atoms with Crippen molar-refractivity contribution in [3.63, 3.8) is 0 Å². The molecule has 0 spiro atoms. The summed E-state index contributed by atoms with van der Waals surface area (Å²) in [7, 11) is 0. The quantitative estimate of drug-likeness (QED) is 0.568. The summed E-state index contributed by atoms with van der Waals surface area (Å²) >= 11 is 0. The third-order valence-corrected chi connectivity index (χ3v) is 2.16. The summed E-state index contributed by atoms with van der Waals surface area (Å²) in [4.78, 5) is 21.8. The van der Waals surface area contributed by atoms with Crippen LogP contribution < -0.4 is 0 Å². The number of aryl methyl sites for hydroxylation is 1. The number of hydrogen-bond donors (Lipinski definition) is 0. The van der Waals surface area contributed by atoms with Crippen LogP contribution in [0.15, 0.2) is 18.2 Å². The largest absolute Gasteiger partial charge is 0.466 e. The number of carbonyl (C=O) groups excluding carboxylic acids is 2. The summed E-state index contributed by atoms with van der Waals surface area (Å²) < 4.78 is 17.9. The van der Waals surface area contributed by atoms with Gasteiger partial charge in [0.15, 0.2) is 6.29 Å². The fourth-order valence-electron chi connectivity index (χ4n) is 1.40. The number of rotatable bonds is 5. The van der Waals surface area contributed by atoms with E-state index in [-0.39, 0.29) is 18.0 Å². The Labute approximate surface area is 93.2 Å². The molecule has 0 unspecified atom stereocenters. The summed E-state index contributed by atoms with van der Waals surface area (Å²) in [6, 6.07) is 4.37. The van der Waals surface area contributed by atoms with Gasteiger partial charge >= 0.3 is 5.97 Å². The molecule has 0 saturated carbocycles. The summed E-state index contributed by atoms with van der Waals surface area (Å²) in [5.74, 6) is -0.903. The van der Waals surface area contributed by atoms with E-state index in [9.17, 15) is 14.0 Å². The van der Waals surface area contributed by atoms with E-state index in [4.69, 9.17) is 4.74 Å². The average molecular weight is 224 g/mol. The molecule has 16 heavy (non-hydrogen) atoms. The van der Waals surface area contributed by atoms with Crippen LogP contribution in [0.25, 0.3) is 0 Å². The normalized spacial score (nSPS) is 9.88. The van der Waals surface area contributed by atoms with Crippen LogP contribution in [-0.2, 0) is 16.0 Å². The first-order chi connectivity index (χ1) is 7.69. The number of ether oxygens (including phenoxy) is 1. The van der Waals surface area contributed by atoms with Gasteiger partial charge in [-0.15, -0.1) is 0 Å². The third-order valence-electron chi connectivity index (χ3n) is 2.16. The van der Waals surface area contributed by atoms with Crippen molar-refractivity contribution in [2.75, 3.05) is 6.61 Å². The van der Waals surface area contributed by atoms with Crippen molar-refractivity contribution < 1.29 is 18.7 Å². The van der Waals surface area contributed by atoms with E-state index >= 15 is 0 Å². The number of aldehydes is 1. The van der Waals surface area contributed by atoms with Crippen molar-refractivity contribution in [3.05, 3.63) is 35.1 Å². The number of halogens is 1. The molecule has 3 nitrogen and oxygen atoms in total. The molecular formula is C12H13FO3. The zero-order valence-corrected chi connectivity index (χ0v) is 9.03. The van der Waals surface area contributed by atoms with E-state index in [1.54, 1.807) is 13.0 Å². The summed E-state index contributed by atoms with van der Waals surface area (Å²) in [5.41, 5.74) is 0.551. The van der Waals surface area contributed by atoms with Crippen molar-refractivity contribution in [2.45, 2.75) is 19.8 Å². The molecule has 0 fully saturated rings. The lowest BCUT2D eigenvalue weighted by molar-refractivity contribution is -0.143. The number of esters is 1. The highest BCUT2D eigenvalue weighted by molar-refractivity contribution is 5.78. The zero-order valence-electron chi connectivity index (χ0n) is 9.03. The number of hydrogen-bond acceptors (Lipinski definition) is 3. The van der Waals surface area contributed by atoms with E-state index in [2.05, 4.69) is 0 Å². The first-order valence-electron chi connectivity index (χ1n) is 5.07. The van der Waals surface area contributed by atoms with Gasteiger partial charge in [-0.05, 0) is 25.0 Å². The second-order valence-corrected chi connectivity index (χ2v) is 3.24. The van der Waals surface area contributed by atoms with Crippen LogP contribution in [-0.4, -0.2) is 18.9 Å². The minimum Gasteiger partial charge on any atom is -0.466 e. The second-order valence-electron chi connectivity index (χ2n) is 3.24. The predicted molar refractivity (Wildman–Crippen MR) is 56.7 cm³/mol. The molecule has 0 atom stereocenters. The van der Waals surface area contributed by atoms with Gasteiger partial charge in [0.05, 0.1) is 12.2 Å². The van der Waals surface area contributed by atoms with E-state index < -0.39 is 5.82 Å². The molecule has 0 amide bonds. The fourth-order valence-corrected chi connectivity index (χ4v) is 1.40. The predicted octanol–water partition coefficient (Wildman–Crippen LogP) is 2.13. The first-order valence-corrected chi connectivity index (χ1v) is 5.07. The molecule has 0 N–H and O–H groups in total. The van der Waals surface area contributed by atoms with Gasteiger partial charge < -0.3 is 4.74 Å². The van der Waals surface area contributed by atoms with Crippen molar-refractivity contribution in [3.8, 4) is 0 Å². The van der Waals surface area contributed by atoms with Crippen LogP contribution >= 0.6 is 0 Å². The molecule has 0 bridgehead atoms. The highest BCUT2D eigenvalue weighted by atomic mass is 19.1. The minimum absolute atomic E-state index is 0.0202. The number of carbonyl (C=O) groups is 2. The molecular weight excluding hydrogens is 211 g/mol. The van der Waals surface area contributed by atoms with Gasteiger partial charge in [-0.25, -0.2) is 4.39 Å². The molecule has 0 aliphatic heterocycles. The smallest absolute Gasteiger partial charge is 0.306 e. The molecule has 4 heteroatoms. The molecule has 0 aliphatic rings. The van der Waals surface area contributed by atoms with Crippen molar-refractivity contribution >= 4 is 12.3 Å². The second kappa shape index (κ2) is 6.00. The first kappa shape index (κ1) is 12.4. The Hall–Kier alpha value is -1.71. The van der Waals surface area contributed by atoms with E-state index in [1.165, 1.54) is 12.1 Å². The molecule has 0 radical (unpaired) electrons. The zero-order chi connectivity index (χ0) is 12.0. The lowest BCUT2D eigenvalue weighted by atomic mass is 10.0. The van der Waals surface area contributed by atoms with E-state index in [0.29, 0.717) is 24.9 Å². The Kier molecular flexibility index (Phi) is 4.64. The van der Waals surface area contributed by atoms with Crippen LogP contribution in [0, 0.1) is 5.82 Å². The Balaban J connectivity index is 2.70. The summed E-state index contributed by atoms with van der Waals surface area (Å²) in [5, 5.41) is 0. The van der Waals surface area contributed by atoms with Gasteiger partial charge in [-0.1, -0.05) is 12.1 Å². The number of benzene rings is 1. The lowest BCUT2D eigenvalue weighted by Gasteiger charge is -2.05. The van der Waals surface area contributed by atoms with Crippen molar-refractivity contribution in [1.82, 2.24) is 0 Å². The van der Waals surface area contributed by atoms with E-state index in [1.807, 2.05) is 0 Å². The van der Waals surface area contributed by atoms with Gasteiger partial charge in [0.1, 0.15) is 5.82 Å². The van der Waals surface area contributed by atoms with Crippen LogP contribution in [0.2, 0.25) is 0 Å². The highest BCUT2D eigenvalue weighted by Crippen LogP contribution is 2.13. The topological polar surface area (TPSA) is 43.4 Å². The molecule has 1 aromatic rings. The van der Waals surface area contributed by atoms with Crippen molar-refractivity contribution in [1.29, 1.82) is 0 Å². The standard InChI is InChI=1S/C12H13FO3/c1-2-16-12(15)7-6-9-4-3-5-11(13)10(9)8-14/h3-5,8H,2,6-7H2,1H3. The molecule has 0 saturated heterocycles. The average Bonchev–Trinajstić information content (AvgIpc) is 2.27. The van der Waals surface area contributed by atoms with Crippen molar-refractivity contribution in [2.24, 2.45) is 0 Å². The molecule has 86 valence electrons. The van der Waals surface area contributed by atoms with Gasteiger partial charge in [0, 0.05) is 6.42 Å². The molecule has 1 aromatic carbocycles. The Bertz CT molecular complexity index is 388. The van der Waals surface area contributed by atoms with Gasteiger partial charge in [-0.3, -0.25) is 9.59 Å². The van der Waals surface area contributed by atoms with Gasteiger partial charge in [-0.2, -0.15) is 0 Å². The minimum atomic E-state index is -0.559. The molecule has 0 aliphatic carbocycles. The Morgan fingerprint density at radius 1 is 1.50 bits per heavy atom. The van der Waals surface area contributed by atoms with Gasteiger partial charge in [0.25, 0.3) is 0 Å². The lowest BCUT2D eigenvalue weighted by Crippen LogP contribution is -2.06. The third kappa shape index (κ3) is 3.15. The maximum absolute atomic E-state index is 13.2. The molecule has 0 aromatic heterocycles. The maximum atomic E-state index is 13.2. The Morgan fingerprint density at radius 2 is 2.25 bits per heavy atom. The molecule has 0 heterocycles. The van der Waals surface area contributed by atoms with Crippen LogP contribution in [0.3, 0.4) is 0 Å². The van der Waals surface area contributed by atoms with Gasteiger partial charge in [0.2, 0.25) is 0 Å². The summed E-state index contributed by atoms with van der Waals surface area (Å²) in [6.07, 6.45) is 0.929. The SMILES string of the molecule is CCOC(=O)CCc1cccc(F)c1C=O. The Morgan fingerprint density at radius 3 is 2.88 bits per heavy atom. The van der Waals surface area contributed by atoms with E-state index in [0.717, 1.165) is 0 Å². The molecule has 1 rings (SSSR count). The van der Waals surface area contributed by atoms with Crippen LogP contribution in [0.1, 0.15) is 29.3 Å². The maximum Gasteiger partial charge on any atom is 0.306 e. The summed E-state index contributed by atoms with van der Waals surface area (Å²) in [6.45, 7) is 2.04. The van der Waals surface area contributed by atoms with Crippen LogP contribution in [0.4, 0.5) is 4.39 Å².